The Labute approximate surface area is 168 Å². The van der Waals surface area contributed by atoms with Crippen LogP contribution in [-0.2, 0) is 4.79 Å². The molecule has 1 atom stereocenters. The maximum Gasteiger partial charge on any atom is 0.287 e. The number of para-hydroxylation sites is 2. The zero-order chi connectivity index (χ0) is 19.2. The lowest BCUT2D eigenvalue weighted by Gasteiger charge is -2.16. The number of carbonyl (C=O) groups excluding carboxylic acids is 2. The number of furan rings is 1. The van der Waals surface area contributed by atoms with E-state index in [4.69, 9.17) is 4.42 Å². The molecule has 2 amide bonds. The van der Waals surface area contributed by atoms with Gasteiger partial charge < -0.3 is 20.0 Å². The minimum absolute atomic E-state index is 0.144. The van der Waals surface area contributed by atoms with Gasteiger partial charge in [-0.05, 0) is 58.6 Å². The molecule has 3 aromatic rings. The second kappa shape index (κ2) is 9.09. The first-order valence-corrected chi connectivity index (χ1v) is 10.5. The monoisotopic (exact) mass is 450 g/mol. The van der Waals surface area contributed by atoms with E-state index in [1.807, 2.05) is 30.5 Å². The topological polar surface area (TPSA) is 100 Å². The smallest absolute Gasteiger partial charge is 0.287 e. The molecule has 3 N–H and O–H groups in total. The number of thioether (sulfide) groups is 1. The van der Waals surface area contributed by atoms with Crippen molar-refractivity contribution < 1.29 is 14.0 Å². The molecule has 3 rings (SSSR count). The van der Waals surface area contributed by atoms with E-state index in [1.165, 1.54) is 6.07 Å². The first-order chi connectivity index (χ1) is 13.1. The van der Waals surface area contributed by atoms with E-state index >= 15 is 0 Å². The largest absolute Gasteiger partial charge is 0.444 e. The molecule has 0 fully saturated rings. The van der Waals surface area contributed by atoms with Crippen molar-refractivity contribution in [3.05, 3.63) is 52.7 Å². The van der Waals surface area contributed by atoms with Gasteiger partial charge in [0, 0.05) is 0 Å². The van der Waals surface area contributed by atoms with Gasteiger partial charge in [0.05, 0.1) is 23.6 Å². The molecular weight excluding hydrogens is 432 g/mol. The molecule has 0 spiro atoms. The minimum atomic E-state index is -0.444. The molecule has 2 aromatic heterocycles. The van der Waals surface area contributed by atoms with Gasteiger partial charge in [0.15, 0.2) is 10.4 Å². The van der Waals surface area contributed by atoms with Crippen LogP contribution in [0, 0.1) is 0 Å². The molecule has 0 radical (unpaired) electrons. The van der Waals surface area contributed by atoms with Gasteiger partial charge in [-0.15, -0.1) is 0 Å². The molecule has 142 valence electrons. The summed E-state index contributed by atoms with van der Waals surface area (Å²) in [7, 11) is 0. The first kappa shape index (κ1) is 19.5. The summed E-state index contributed by atoms with van der Waals surface area (Å²) < 4.78 is 5.63. The fraction of sp³-hybridized carbons (Fsp3) is 0.278. The summed E-state index contributed by atoms with van der Waals surface area (Å²) in [6, 6.07) is 10.6. The maximum absolute atomic E-state index is 12.3. The molecule has 0 saturated carbocycles. The van der Waals surface area contributed by atoms with Gasteiger partial charge in [0.25, 0.3) is 5.91 Å². The Hall–Kier alpha value is -2.26. The Balaban J connectivity index is 1.63. The number of carbonyl (C=O) groups is 2. The normalized spacial score (nSPS) is 12.1. The van der Waals surface area contributed by atoms with Crippen LogP contribution in [0.4, 0.5) is 0 Å². The van der Waals surface area contributed by atoms with Crippen molar-refractivity contribution in [3.63, 3.8) is 0 Å². The molecule has 0 bridgehead atoms. The number of nitrogens with one attached hydrogen (secondary N) is 3. The first-order valence-electron chi connectivity index (χ1n) is 8.33. The molecule has 0 saturated heterocycles. The van der Waals surface area contributed by atoms with Crippen LogP contribution in [-0.4, -0.2) is 40.3 Å². The van der Waals surface area contributed by atoms with E-state index in [0.717, 1.165) is 23.2 Å². The number of H-pyrrole nitrogens is 1. The van der Waals surface area contributed by atoms with Gasteiger partial charge in [-0.3, -0.25) is 9.59 Å². The van der Waals surface area contributed by atoms with Crippen molar-refractivity contribution in [2.45, 2.75) is 12.5 Å². The van der Waals surface area contributed by atoms with Crippen molar-refractivity contribution in [1.29, 1.82) is 0 Å². The highest BCUT2D eigenvalue weighted by atomic mass is 79.9. The molecular formula is C18H19BrN4O3S. The number of halogens is 1. The highest BCUT2D eigenvalue weighted by molar-refractivity contribution is 9.10. The van der Waals surface area contributed by atoms with Crippen molar-refractivity contribution >= 4 is 50.5 Å². The minimum Gasteiger partial charge on any atom is -0.444 e. The maximum atomic E-state index is 12.3. The summed E-state index contributed by atoms with van der Waals surface area (Å²) in [5, 5.41) is 5.49. The molecule has 2 heterocycles. The van der Waals surface area contributed by atoms with Gasteiger partial charge in [-0.2, -0.15) is 11.8 Å². The summed E-state index contributed by atoms with van der Waals surface area (Å²) >= 11 is 4.84. The Morgan fingerprint density at radius 3 is 2.81 bits per heavy atom. The van der Waals surface area contributed by atoms with Crippen LogP contribution in [0.25, 0.3) is 11.0 Å². The summed E-state index contributed by atoms with van der Waals surface area (Å²) in [6.07, 6.45) is 2.74. The summed E-state index contributed by atoms with van der Waals surface area (Å²) in [5.41, 5.74) is 1.78. The standard InChI is InChI=1S/C18H19BrN4O3S/c1-27-9-8-13(17-22-11-4-2-3-5-12(11)23-17)21-16(24)10-20-18(25)14-6-7-15(19)26-14/h2-7,13H,8-10H2,1H3,(H,20,25)(H,21,24)(H,22,23)/t13-/m0/s1. The number of hydrogen-bond donors (Lipinski definition) is 3. The van der Waals surface area contributed by atoms with Gasteiger partial charge in [0.2, 0.25) is 5.91 Å². The fourth-order valence-electron chi connectivity index (χ4n) is 2.58. The van der Waals surface area contributed by atoms with E-state index in [2.05, 4.69) is 36.5 Å². The molecule has 9 heteroatoms. The molecule has 0 aliphatic carbocycles. The number of hydrogen-bond acceptors (Lipinski definition) is 5. The van der Waals surface area contributed by atoms with Crippen LogP contribution >= 0.6 is 27.7 Å². The lowest BCUT2D eigenvalue weighted by molar-refractivity contribution is -0.120. The highest BCUT2D eigenvalue weighted by Gasteiger charge is 2.19. The third-order valence-electron chi connectivity index (χ3n) is 3.89. The van der Waals surface area contributed by atoms with Gasteiger partial charge >= 0.3 is 0 Å². The van der Waals surface area contributed by atoms with Crippen LogP contribution in [0.1, 0.15) is 28.8 Å². The Bertz CT molecular complexity index is 906. The molecule has 1 aromatic carbocycles. The predicted octanol–water partition coefficient (Wildman–Crippen LogP) is 3.26. The Morgan fingerprint density at radius 2 is 2.11 bits per heavy atom. The Morgan fingerprint density at radius 1 is 1.30 bits per heavy atom. The number of rotatable bonds is 8. The van der Waals surface area contributed by atoms with Gasteiger partial charge in [-0.1, -0.05) is 12.1 Å². The predicted molar refractivity (Wildman–Crippen MR) is 109 cm³/mol. The molecule has 7 nitrogen and oxygen atoms in total. The van der Waals surface area contributed by atoms with E-state index in [0.29, 0.717) is 10.5 Å². The van der Waals surface area contributed by atoms with Crippen molar-refractivity contribution in [3.8, 4) is 0 Å². The number of imidazole rings is 1. The molecule has 27 heavy (non-hydrogen) atoms. The third-order valence-corrected chi connectivity index (χ3v) is 4.96. The van der Waals surface area contributed by atoms with E-state index < -0.39 is 5.91 Å². The SMILES string of the molecule is CSCC[C@H](NC(=O)CNC(=O)c1ccc(Br)o1)c1nc2ccccc2[nH]1. The zero-order valence-electron chi connectivity index (χ0n) is 14.6. The van der Waals surface area contributed by atoms with Crippen LogP contribution in [0.2, 0.25) is 0 Å². The van der Waals surface area contributed by atoms with Crippen LogP contribution in [0.15, 0.2) is 45.5 Å². The third kappa shape index (κ3) is 5.14. The summed E-state index contributed by atoms with van der Waals surface area (Å²) in [4.78, 5) is 32.2. The Kier molecular flexibility index (Phi) is 6.57. The second-order valence-electron chi connectivity index (χ2n) is 5.83. The van der Waals surface area contributed by atoms with Crippen molar-refractivity contribution in [2.24, 2.45) is 0 Å². The fourth-order valence-corrected chi connectivity index (χ4v) is 3.36. The van der Waals surface area contributed by atoms with E-state index in [-0.39, 0.29) is 24.3 Å². The van der Waals surface area contributed by atoms with Crippen LogP contribution < -0.4 is 10.6 Å². The molecule has 0 aliphatic rings. The summed E-state index contributed by atoms with van der Waals surface area (Å²) in [5.74, 6) is 0.987. The van der Waals surface area contributed by atoms with Crippen LogP contribution in [0.3, 0.4) is 0 Å². The second-order valence-corrected chi connectivity index (χ2v) is 7.59. The van der Waals surface area contributed by atoms with E-state index in [1.54, 1.807) is 17.8 Å². The number of aromatic amines is 1. The highest BCUT2D eigenvalue weighted by Crippen LogP contribution is 2.20. The van der Waals surface area contributed by atoms with Crippen LogP contribution in [0.5, 0.6) is 0 Å². The number of aromatic nitrogens is 2. The lowest BCUT2D eigenvalue weighted by Crippen LogP contribution is -2.39. The van der Waals surface area contributed by atoms with Crippen molar-refractivity contribution in [2.75, 3.05) is 18.6 Å². The lowest BCUT2D eigenvalue weighted by atomic mass is 10.2. The summed E-state index contributed by atoms with van der Waals surface area (Å²) in [6.45, 7) is -0.146. The quantitative estimate of drug-likeness (QED) is 0.488. The van der Waals surface area contributed by atoms with Crippen molar-refractivity contribution in [1.82, 2.24) is 20.6 Å². The molecule has 0 aliphatic heterocycles. The van der Waals surface area contributed by atoms with Gasteiger partial charge in [-0.25, -0.2) is 4.98 Å². The average Bonchev–Trinajstić information content (AvgIpc) is 3.29. The van der Waals surface area contributed by atoms with Gasteiger partial charge in [0.1, 0.15) is 5.82 Å². The number of benzene rings is 1. The number of amides is 2. The molecule has 0 unspecified atom stereocenters. The number of fused-ring (bicyclic) bond motifs is 1. The average molecular weight is 451 g/mol. The van der Waals surface area contributed by atoms with E-state index in [9.17, 15) is 9.59 Å². The zero-order valence-corrected chi connectivity index (χ0v) is 17.0. The number of nitrogens with zero attached hydrogens (tertiary/aromatic N) is 1.